The molecule has 1 heterocycles. The zero-order valence-corrected chi connectivity index (χ0v) is 19.4. The van der Waals surface area contributed by atoms with Crippen molar-refractivity contribution in [3.63, 3.8) is 0 Å². The summed E-state index contributed by atoms with van der Waals surface area (Å²) < 4.78 is 2.64. The first-order valence-corrected chi connectivity index (χ1v) is 11.8. The monoisotopic (exact) mass is 419 g/mol. The molecule has 3 nitrogen and oxygen atoms in total. The van der Waals surface area contributed by atoms with Crippen LogP contribution in [-0.2, 0) is 0 Å². The molecule has 0 saturated heterocycles. The van der Waals surface area contributed by atoms with E-state index in [9.17, 15) is 0 Å². The lowest BCUT2D eigenvalue weighted by Crippen LogP contribution is -2.23. The highest BCUT2D eigenvalue weighted by Crippen LogP contribution is 2.40. The Kier molecular flexibility index (Phi) is 10.5. The van der Waals surface area contributed by atoms with Crippen LogP contribution in [0.25, 0.3) is 10.9 Å². The van der Waals surface area contributed by atoms with E-state index in [-0.39, 0.29) is 12.4 Å². The molecule has 1 saturated carbocycles. The van der Waals surface area contributed by atoms with Gasteiger partial charge in [-0.2, -0.15) is 0 Å². The normalized spacial score (nSPS) is 16.3. The molecule has 1 aliphatic carbocycles. The molecule has 1 aromatic heterocycles. The summed E-state index contributed by atoms with van der Waals surface area (Å²) in [5.41, 5.74) is 8.69. The van der Waals surface area contributed by atoms with Crippen LogP contribution in [0.15, 0.2) is 30.5 Å². The number of rotatable bonds is 11. The maximum Gasteiger partial charge on any atom is 0.0485 e. The van der Waals surface area contributed by atoms with E-state index in [2.05, 4.69) is 54.2 Å². The van der Waals surface area contributed by atoms with Gasteiger partial charge < -0.3 is 15.6 Å². The molecule has 2 aromatic rings. The van der Waals surface area contributed by atoms with E-state index in [1.807, 2.05) is 0 Å². The lowest BCUT2D eigenvalue weighted by molar-refractivity contribution is 0.354. The molecule has 3 rings (SSSR count). The van der Waals surface area contributed by atoms with Crippen LogP contribution in [0.2, 0.25) is 0 Å². The van der Waals surface area contributed by atoms with Crippen molar-refractivity contribution >= 4 is 23.3 Å². The molecule has 0 amide bonds. The number of hydrogen-bond acceptors (Lipinski definition) is 2. The second-order valence-corrected chi connectivity index (χ2v) is 8.66. The van der Waals surface area contributed by atoms with E-state index in [0.29, 0.717) is 12.0 Å². The van der Waals surface area contributed by atoms with Gasteiger partial charge in [-0.3, -0.25) is 0 Å². The summed E-state index contributed by atoms with van der Waals surface area (Å²) in [4.78, 5) is 0. The van der Waals surface area contributed by atoms with E-state index < -0.39 is 0 Å². The van der Waals surface area contributed by atoms with Crippen LogP contribution in [0.3, 0.4) is 0 Å². The van der Waals surface area contributed by atoms with Crippen LogP contribution >= 0.6 is 12.4 Å². The second-order valence-electron chi connectivity index (χ2n) is 8.66. The Morgan fingerprint density at radius 3 is 2.48 bits per heavy atom. The third kappa shape index (κ3) is 5.99. The Labute approximate surface area is 184 Å². The van der Waals surface area contributed by atoms with E-state index in [4.69, 9.17) is 5.73 Å². The first-order chi connectivity index (χ1) is 13.8. The number of nitrogens with zero attached hydrogens (tertiary/aromatic N) is 1. The molecule has 164 valence electrons. The summed E-state index contributed by atoms with van der Waals surface area (Å²) in [6, 6.07) is 9.84. The summed E-state index contributed by atoms with van der Waals surface area (Å²) in [6.07, 6.45) is 14.2. The third-order valence-electron chi connectivity index (χ3n) is 6.95. The van der Waals surface area contributed by atoms with Crippen LogP contribution in [0.5, 0.6) is 0 Å². The van der Waals surface area contributed by atoms with Crippen molar-refractivity contribution in [1.82, 2.24) is 9.88 Å². The highest BCUT2D eigenvalue weighted by molar-refractivity contribution is 5.85. The van der Waals surface area contributed by atoms with Crippen molar-refractivity contribution in [2.45, 2.75) is 83.6 Å². The lowest BCUT2D eigenvalue weighted by atomic mass is 9.80. The van der Waals surface area contributed by atoms with E-state index >= 15 is 0 Å². The fourth-order valence-electron chi connectivity index (χ4n) is 5.30. The average Bonchev–Trinajstić information content (AvgIpc) is 3.13. The molecular formula is C25H42ClN3. The lowest BCUT2D eigenvalue weighted by Gasteiger charge is -2.26. The van der Waals surface area contributed by atoms with Crippen molar-refractivity contribution in [3.05, 3.63) is 36.0 Å². The Morgan fingerprint density at radius 1 is 1.07 bits per heavy atom. The Hall–Kier alpha value is -1.03. The van der Waals surface area contributed by atoms with E-state index in [1.54, 1.807) is 5.56 Å². The van der Waals surface area contributed by atoms with Crippen molar-refractivity contribution in [1.29, 1.82) is 0 Å². The standard InChI is InChI=1S/C25H41N3.ClH/c1-3-20(4-2)22(15-18-27-17-10-16-26)24-19-28(21-11-6-5-7-12-21)25-14-9-8-13-23(24)25;/h8-9,13-14,19-22,27H,3-7,10-12,15-18,26H2,1-2H3;1H. The molecule has 1 aliphatic rings. The van der Waals surface area contributed by atoms with Crippen LogP contribution in [-0.4, -0.2) is 24.2 Å². The van der Waals surface area contributed by atoms with Gasteiger partial charge in [-0.25, -0.2) is 0 Å². The molecule has 0 spiro atoms. The summed E-state index contributed by atoms with van der Waals surface area (Å²) in [7, 11) is 0. The Morgan fingerprint density at radius 2 is 1.79 bits per heavy atom. The number of nitrogens with one attached hydrogen (secondary N) is 1. The third-order valence-corrected chi connectivity index (χ3v) is 6.95. The molecule has 1 aromatic carbocycles. The van der Waals surface area contributed by atoms with Crippen molar-refractivity contribution in [2.75, 3.05) is 19.6 Å². The minimum absolute atomic E-state index is 0. The zero-order chi connectivity index (χ0) is 19.8. The molecule has 3 N–H and O–H groups in total. The van der Waals surface area contributed by atoms with Crippen LogP contribution < -0.4 is 11.1 Å². The molecule has 1 unspecified atom stereocenters. The highest BCUT2D eigenvalue weighted by atomic mass is 35.5. The maximum absolute atomic E-state index is 5.65. The number of hydrogen-bond donors (Lipinski definition) is 2. The largest absolute Gasteiger partial charge is 0.344 e. The summed E-state index contributed by atoms with van der Waals surface area (Å²) in [5.74, 6) is 1.39. The van der Waals surface area contributed by atoms with Gasteiger partial charge in [0.1, 0.15) is 0 Å². The second kappa shape index (κ2) is 12.6. The minimum Gasteiger partial charge on any atom is -0.344 e. The Balaban J connectivity index is 0.00000300. The van der Waals surface area contributed by atoms with Crippen LogP contribution in [0, 0.1) is 5.92 Å². The van der Waals surface area contributed by atoms with Crippen LogP contribution in [0.4, 0.5) is 0 Å². The SMILES string of the molecule is CCC(CC)C(CCNCCCN)c1cn(C2CCCCC2)c2ccccc12.Cl. The average molecular weight is 420 g/mol. The van der Waals surface area contributed by atoms with E-state index in [1.165, 1.54) is 62.3 Å². The fourth-order valence-corrected chi connectivity index (χ4v) is 5.30. The van der Waals surface area contributed by atoms with Gasteiger partial charge in [-0.05, 0) is 68.8 Å². The molecule has 0 aliphatic heterocycles. The molecule has 29 heavy (non-hydrogen) atoms. The number of nitrogens with two attached hydrogens (primary N) is 1. The smallest absolute Gasteiger partial charge is 0.0485 e. The zero-order valence-electron chi connectivity index (χ0n) is 18.5. The van der Waals surface area contributed by atoms with Gasteiger partial charge in [0.05, 0.1) is 0 Å². The molecular weight excluding hydrogens is 378 g/mol. The summed E-state index contributed by atoms with van der Waals surface area (Å²) in [5, 5.41) is 5.11. The molecule has 0 radical (unpaired) electrons. The molecule has 1 fully saturated rings. The van der Waals surface area contributed by atoms with Gasteiger partial charge in [0.15, 0.2) is 0 Å². The highest BCUT2D eigenvalue weighted by Gasteiger charge is 2.26. The topological polar surface area (TPSA) is 43.0 Å². The Bertz CT molecular complexity index is 701. The number of para-hydroxylation sites is 1. The molecule has 1 atom stereocenters. The first-order valence-electron chi connectivity index (χ1n) is 11.8. The van der Waals surface area contributed by atoms with Gasteiger partial charge in [0.2, 0.25) is 0 Å². The fraction of sp³-hybridized carbons (Fsp3) is 0.680. The quantitative estimate of drug-likeness (QED) is 0.413. The summed E-state index contributed by atoms with van der Waals surface area (Å²) in [6.45, 7) is 7.63. The van der Waals surface area contributed by atoms with Gasteiger partial charge >= 0.3 is 0 Å². The van der Waals surface area contributed by atoms with Gasteiger partial charge in [-0.15, -0.1) is 12.4 Å². The number of fused-ring (bicyclic) bond motifs is 1. The number of halogens is 1. The van der Waals surface area contributed by atoms with Crippen molar-refractivity contribution < 1.29 is 0 Å². The first kappa shape index (κ1) is 24.2. The molecule has 4 heteroatoms. The summed E-state index contributed by atoms with van der Waals surface area (Å²) >= 11 is 0. The van der Waals surface area contributed by atoms with Gasteiger partial charge in [0.25, 0.3) is 0 Å². The van der Waals surface area contributed by atoms with Gasteiger partial charge in [-0.1, -0.05) is 64.2 Å². The van der Waals surface area contributed by atoms with Crippen LogP contribution in [0.1, 0.15) is 89.2 Å². The van der Waals surface area contributed by atoms with E-state index in [0.717, 1.165) is 32.0 Å². The predicted molar refractivity (Wildman–Crippen MR) is 129 cm³/mol. The van der Waals surface area contributed by atoms with Gasteiger partial charge in [0, 0.05) is 23.1 Å². The van der Waals surface area contributed by atoms with Crippen molar-refractivity contribution in [3.8, 4) is 0 Å². The maximum atomic E-state index is 5.65. The number of benzene rings is 1. The predicted octanol–water partition coefficient (Wildman–Crippen LogP) is 6.42. The number of aromatic nitrogens is 1. The molecule has 0 bridgehead atoms. The minimum atomic E-state index is 0. The van der Waals surface area contributed by atoms with Crippen molar-refractivity contribution in [2.24, 2.45) is 11.7 Å².